The Balaban J connectivity index is 1.46. The van der Waals surface area contributed by atoms with Gasteiger partial charge in [-0.05, 0) is 59.7 Å². The number of carbonyl (C=O) groups is 3. The Morgan fingerprint density at radius 1 is 1.04 bits per heavy atom. The van der Waals surface area contributed by atoms with Crippen molar-refractivity contribution < 1.29 is 14.4 Å². The van der Waals surface area contributed by atoms with Gasteiger partial charge in [0.15, 0.2) is 0 Å². The van der Waals surface area contributed by atoms with Crippen LogP contribution in [0.25, 0.3) is 21.2 Å². The Morgan fingerprint density at radius 2 is 1.82 bits per heavy atom. The highest BCUT2D eigenvalue weighted by molar-refractivity contribution is 7.19. The Hall–Kier alpha value is -2.99. The van der Waals surface area contributed by atoms with Gasteiger partial charge in [-0.2, -0.15) is 0 Å². The lowest BCUT2D eigenvalue weighted by Crippen LogP contribution is -2.52. The van der Waals surface area contributed by atoms with Crippen molar-refractivity contribution in [3.05, 3.63) is 58.5 Å². The highest BCUT2D eigenvalue weighted by Gasteiger charge is 2.39. The predicted molar refractivity (Wildman–Crippen MR) is 108 cm³/mol. The largest absolute Gasteiger partial charge is 0.322 e. The van der Waals surface area contributed by atoms with Crippen molar-refractivity contribution >= 4 is 39.1 Å². The first kappa shape index (κ1) is 17.1. The van der Waals surface area contributed by atoms with Crippen molar-refractivity contribution in [3.8, 4) is 11.1 Å². The number of rotatable bonds is 2. The molecule has 0 spiro atoms. The first-order chi connectivity index (χ1) is 13.5. The molecule has 0 aliphatic carbocycles. The van der Waals surface area contributed by atoms with Crippen molar-refractivity contribution in [2.24, 2.45) is 0 Å². The number of piperidine rings is 1. The van der Waals surface area contributed by atoms with Crippen LogP contribution in [0.5, 0.6) is 0 Å². The molecular formula is C22H18N2O3S. The van der Waals surface area contributed by atoms with Crippen molar-refractivity contribution in [2.75, 3.05) is 0 Å². The van der Waals surface area contributed by atoms with Crippen LogP contribution >= 0.6 is 11.3 Å². The minimum Gasteiger partial charge on any atom is -0.322 e. The summed E-state index contributed by atoms with van der Waals surface area (Å²) in [4.78, 5) is 39.3. The second-order valence-electron chi connectivity index (χ2n) is 7.38. The fraction of sp³-hybridized carbons (Fsp3) is 0.227. The number of benzene rings is 2. The van der Waals surface area contributed by atoms with Crippen LogP contribution in [0.4, 0.5) is 0 Å². The lowest BCUT2D eigenvalue weighted by atomic mass is 10.00. The van der Waals surface area contributed by atoms with E-state index in [1.54, 1.807) is 16.2 Å². The summed E-state index contributed by atoms with van der Waals surface area (Å²) < 4.78 is 1.25. The summed E-state index contributed by atoms with van der Waals surface area (Å²) in [6.07, 6.45) is 0.647. The van der Waals surface area contributed by atoms with Gasteiger partial charge in [-0.15, -0.1) is 11.3 Å². The second kappa shape index (κ2) is 6.27. The molecule has 0 radical (unpaired) electrons. The molecule has 2 aliphatic rings. The number of aryl methyl sites for hydroxylation is 1. The number of imide groups is 1. The van der Waals surface area contributed by atoms with E-state index in [-0.39, 0.29) is 24.1 Å². The number of carbonyl (C=O) groups excluding carboxylic acids is 3. The Bertz CT molecular complexity index is 1160. The fourth-order valence-corrected chi connectivity index (χ4v) is 5.06. The van der Waals surface area contributed by atoms with Gasteiger partial charge in [0.05, 0.1) is 0 Å². The third-order valence-corrected chi connectivity index (χ3v) is 6.51. The van der Waals surface area contributed by atoms with Crippen LogP contribution in [-0.2, 0) is 16.1 Å². The third-order valence-electron chi connectivity index (χ3n) is 5.50. The first-order valence-electron chi connectivity index (χ1n) is 9.28. The van der Waals surface area contributed by atoms with Crippen molar-refractivity contribution in [1.82, 2.24) is 10.2 Å². The fourth-order valence-electron chi connectivity index (χ4n) is 4.10. The molecule has 1 unspecified atom stereocenters. The van der Waals surface area contributed by atoms with E-state index in [4.69, 9.17) is 0 Å². The topological polar surface area (TPSA) is 66.5 Å². The molecule has 5 rings (SSSR count). The van der Waals surface area contributed by atoms with Crippen LogP contribution in [0.3, 0.4) is 0 Å². The van der Waals surface area contributed by atoms with E-state index in [0.29, 0.717) is 18.5 Å². The molecule has 0 saturated carbocycles. The van der Waals surface area contributed by atoms with Crippen molar-refractivity contribution in [1.29, 1.82) is 0 Å². The molecule has 140 valence electrons. The molecule has 3 heterocycles. The quantitative estimate of drug-likeness (QED) is 0.680. The van der Waals surface area contributed by atoms with Crippen molar-refractivity contribution in [3.63, 3.8) is 0 Å². The van der Waals surface area contributed by atoms with Crippen LogP contribution in [0.1, 0.15) is 33.6 Å². The lowest BCUT2D eigenvalue weighted by Gasteiger charge is -2.29. The molecule has 28 heavy (non-hydrogen) atoms. The van der Waals surface area contributed by atoms with Gasteiger partial charge < -0.3 is 4.90 Å². The van der Waals surface area contributed by atoms with Crippen LogP contribution < -0.4 is 5.32 Å². The monoisotopic (exact) mass is 390 g/mol. The highest BCUT2D eigenvalue weighted by Crippen LogP contribution is 2.34. The van der Waals surface area contributed by atoms with Crippen molar-refractivity contribution in [2.45, 2.75) is 32.4 Å². The second-order valence-corrected chi connectivity index (χ2v) is 8.67. The van der Waals surface area contributed by atoms with E-state index in [1.807, 2.05) is 18.2 Å². The highest BCUT2D eigenvalue weighted by atomic mass is 32.1. The van der Waals surface area contributed by atoms with Gasteiger partial charge in [-0.3, -0.25) is 19.7 Å². The maximum atomic E-state index is 12.8. The molecule has 2 aliphatic heterocycles. The van der Waals surface area contributed by atoms with E-state index in [2.05, 4.69) is 36.5 Å². The molecule has 1 atom stereocenters. The Morgan fingerprint density at radius 3 is 2.64 bits per heavy atom. The minimum atomic E-state index is -0.577. The molecule has 1 fully saturated rings. The van der Waals surface area contributed by atoms with Crippen LogP contribution in [-0.4, -0.2) is 28.7 Å². The number of nitrogens with zero attached hydrogens (tertiary/aromatic N) is 1. The van der Waals surface area contributed by atoms with Gasteiger partial charge in [0, 0.05) is 28.1 Å². The summed E-state index contributed by atoms with van der Waals surface area (Å²) >= 11 is 1.77. The van der Waals surface area contributed by atoms with E-state index in [9.17, 15) is 14.4 Å². The number of thiophene rings is 1. The summed E-state index contributed by atoms with van der Waals surface area (Å²) in [5.41, 5.74) is 3.74. The SMILES string of the molecule is Cc1cc2ccc(-c3ccc4c(c3)CN(C3CCC(=O)NC3=O)C4=O)cc2s1. The van der Waals surface area contributed by atoms with E-state index >= 15 is 0 Å². The zero-order valence-electron chi connectivity index (χ0n) is 15.3. The molecule has 6 heteroatoms. The zero-order chi connectivity index (χ0) is 19.4. The van der Waals surface area contributed by atoms with Gasteiger partial charge in [0.25, 0.3) is 5.91 Å². The van der Waals surface area contributed by atoms with Crippen LogP contribution in [0.2, 0.25) is 0 Å². The van der Waals surface area contributed by atoms with Gasteiger partial charge >= 0.3 is 0 Å². The van der Waals surface area contributed by atoms with Gasteiger partial charge in [-0.25, -0.2) is 0 Å². The summed E-state index contributed by atoms with van der Waals surface area (Å²) in [5, 5.41) is 3.58. The van der Waals surface area contributed by atoms with Crippen LogP contribution in [0, 0.1) is 6.92 Å². The van der Waals surface area contributed by atoms with Gasteiger partial charge in [0.2, 0.25) is 11.8 Å². The molecular weight excluding hydrogens is 372 g/mol. The number of fused-ring (bicyclic) bond motifs is 2. The smallest absolute Gasteiger partial charge is 0.255 e. The van der Waals surface area contributed by atoms with Crippen LogP contribution in [0.15, 0.2) is 42.5 Å². The van der Waals surface area contributed by atoms with E-state index < -0.39 is 6.04 Å². The molecule has 2 aromatic carbocycles. The average molecular weight is 390 g/mol. The minimum absolute atomic E-state index is 0.139. The maximum Gasteiger partial charge on any atom is 0.255 e. The molecule has 1 saturated heterocycles. The van der Waals surface area contributed by atoms with Gasteiger partial charge in [-0.1, -0.05) is 18.2 Å². The van der Waals surface area contributed by atoms with E-state index in [0.717, 1.165) is 16.7 Å². The zero-order valence-corrected chi connectivity index (χ0v) is 16.1. The summed E-state index contributed by atoms with van der Waals surface area (Å²) in [6.45, 7) is 2.50. The molecule has 5 nitrogen and oxygen atoms in total. The maximum absolute atomic E-state index is 12.8. The Labute approximate surface area is 166 Å². The number of hydrogen-bond donors (Lipinski definition) is 1. The Kier molecular flexibility index (Phi) is 3.84. The number of nitrogens with one attached hydrogen (secondary N) is 1. The summed E-state index contributed by atoms with van der Waals surface area (Å²) in [6, 6.07) is 13.9. The normalized spacial score (nSPS) is 19.2. The van der Waals surface area contributed by atoms with Gasteiger partial charge in [0.1, 0.15) is 6.04 Å². The summed E-state index contributed by atoms with van der Waals surface area (Å²) in [7, 11) is 0. The number of hydrogen-bond acceptors (Lipinski definition) is 4. The first-order valence-corrected chi connectivity index (χ1v) is 10.1. The lowest BCUT2D eigenvalue weighted by molar-refractivity contribution is -0.136. The molecule has 1 N–H and O–H groups in total. The third kappa shape index (κ3) is 2.72. The average Bonchev–Trinajstić information content (AvgIpc) is 3.20. The standard InChI is InChI=1S/C22H18N2O3S/c1-12-8-15-3-2-14(10-19(15)28-12)13-4-5-17-16(9-13)11-24(22(17)27)18-6-7-20(25)23-21(18)26/h2-5,8-10,18H,6-7,11H2,1H3,(H,23,25,26). The molecule has 3 amide bonds. The number of amides is 3. The molecule has 3 aromatic rings. The molecule has 0 bridgehead atoms. The predicted octanol–water partition coefficient (Wildman–Crippen LogP) is 3.64. The molecule has 1 aromatic heterocycles. The summed E-state index contributed by atoms with van der Waals surface area (Å²) in [5.74, 6) is -0.788. The van der Waals surface area contributed by atoms with E-state index in [1.165, 1.54) is 15.0 Å².